The highest BCUT2D eigenvalue weighted by Crippen LogP contribution is 2.20. The van der Waals surface area contributed by atoms with Crippen molar-refractivity contribution in [1.29, 1.82) is 0 Å². The van der Waals surface area contributed by atoms with Crippen LogP contribution in [-0.2, 0) is 6.42 Å². The minimum absolute atomic E-state index is 0.0622. The first-order chi connectivity index (χ1) is 10.2. The molecule has 0 atom stereocenters. The first-order valence-electron chi connectivity index (χ1n) is 6.67. The summed E-state index contributed by atoms with van der Waals surface area (Å²) in [4.78, 5) is 17.7. The number of pyridine rings is 1. The minimum atomic E-state index is -0.0622. The summed E-state index contributed by atoms with van der Waals surface area (Å²) in [6.07, 6.45) is 4.31. The number of hydrogen-bond acceptors (Lipinski definition) is 4. The van der Waals surface area contributed by atoms with Crippen LogP contribution in [-0.4, -0.2) is 24.0 Å². The van der Waals surface area contributed by atoms with Crippen molar-refractivity contribution < 1.29 is 4.79 Å². The second-order valence-electron chi connectivity index (χ2n) is 4.50. The van der Waals surface area contributed by atoms with Crippen molar-refractivity contribution in [2.75, 3.05) is 13.1 Å². The van der Waals surface area contributed by atoms with E-state index in [1.165, 1.54) is 11.3 Å². The number of carbonyl (C=O) groups is 1. The molecule has 2 aromatic heterocycles. The monoisotopic (exact) mass is 299 g/mol. The van der Waals surface area contributed by atoms with Crippen LogP contribution >= 0.6 is 11.3 Å². The van der Waals surface area contributed by atoms with Crippen LogP contribution in [0.5, 0.6) is 0 Å². The molecule has 108 valence electrons. The fourth-order valence-electron chi connectivity index (χ4n) is 1.80. The maximum absolute atomic E-state index is 12.1. The smallest absolute Gasteiger partial charge is 0.261 e. The van der Waals surface area contributed by atoms with Crippen LogP contribution in [0.15, 0.2) is 30.6 Å². The maximum Gasteiger partial charge on any atom is 0.261 e. The number of nitrogens with two attached hydrogens (primary N) is 1. The number of aryl methyl sites for hydroxylation is 1. The molecule has 0 aromatic carbocycles. The van der Waals surface area contributed by atoms with Gasteiger partial charge in [-0.15, -0.1) is 11.3 Å². The molecule has 0 aliphatic carbocycles. The van der Waals surface area contributed by atoms with Crippen LogP contribution in [0.1, 0.15) is 25.7 Å². The molecule has 2 rings (SSSR count). The van der Waals surface area contributed by atoms with Crippen LogP contribution in [0, 0.1) is 18.8 Å². The predicted octanol–water partition coefficient (Wildman–Crippen LogP) is 1.73. The first-order valence-corrected chi connectivity index (χ1v) is 7.49. The summed E-state index contributed by atoms with van der Waals surface area (Å²) in [6.45, 7) is 2.86. The third kappa shape index (κ3) is 4.42. The van der Waals surface area contributed by atoms with Gasteiger partial charge < -0.3 is 11.1 Å². The van der Waals surface area contributed by atoms with Crippen LogP contribution in [0.4, 0.5) is 0 Å². The van der Waals surface area contributed by atoms with Gasteiger partial charge in [-0.1, -0.05) is 17.9 Å². The number of aromatic nitrogens is 1. The van der Waals surface area contributed by atoms with Crippen molar-refractivity contribution in [1.82, 2.24) is 10.3 Å². The van der Waals surface area contributed by atoms with Crippen molar-refractivity contribution in [2.24, 2.45) is 5.73 Å². The Morgan fingerprint density at radius 2 is 2.38 bits per heavy atom. The highest BCUT2D eigenvalue weighted by atomic mass is 32.1. The SMILES string of the molecule is Cc1cc(C(=O)NCCc2cccnc2)sc1C#CCN. The molecule has 0 bridgehead atoms. The van der Waals surface area contributed by atoms with Gasteiger partial charge in [-0.05, 0) is 36.6 Å². The molecule has 0 fully saturated rings. The van der Waals surface area contributed by atoms with Gasteiger partial charge >= 0.3 is 0 Å². The Morgan fingerprint density at radius 1 is 1.52 bits per heavy atom. The Morgan fingerprint density at radius 3 is 3.10 bits per heavy atom. The van der Waals surface area contributed by atoms with Gasteiger partial charge in [-0.25, -0.2) is 0 Å². The number of thiophene rings is 1. The van der Waals surface area contributed by atoms with Gasteiger partial charge in [-0.3, -0.25) is 9.78 Å². The van der Waals surface area contributed by atoms with E-state index in [1.807, 2.05) is 31.3 Å². The molecule has 0 radical (unpaired) electrons. The molecule has 0 aliphatic heterocycles. The van der Waals surface area contributed by atoms with E-state index in [4.69, 9.17) is 5.73 Å². The largest absolute Gasteiger partial charge is 0.351 e. The van der Waals surface area contributed by atoms with E-state index in [-0.39, 0.29) is 5.91 Å². The molecule has 0 aliphatic rings. The van der Waals surface area contributed by atoms with E-state index in [2.05, 4.69) is 22.1 Å². The molecular weight excluding hydrogens is 282 g/mol. The van der Waals surface area contributed by atoms with E-state index in [0.717, 1.165) is 22.4 Å². The molecule has 0 saturated heterocycles. The summed E-state index contributed by atoms with van der Waals surface area (Å²) in [6, 6.07) is 5.75. The summed E-state index contributed by atoms with van der Waals surface area (Å²) in [7, 11) is 0. The molecule has 2 heterocycles. The fraction of sp³-hybridized carbons (Fsp3) is 0.250. The summed E-state index contributed by atoms with van der Waals surface area (Å²) in [5.74, 6) is 5.73. The second-order valence-corrected chi connectivity index (χ2v) is 5.55. The number of carbonyl (C=O) groups excluding carboxylic acids is 1. The summed E-state index contributed by atoms with van der Waals surface area (Å²) < 4.78 is 0. The topological polar surface area (TPSA) is 68.0 Å². The minimum Gasteiger partial charge on any atom is -0.351 e. The summed E-state index contributed by atoms with van der Waals surface area (Å²) in [5.41, 5.74) is 7.48. The lowest BCUT2D eigenvalue weighted by atomic mass is 10.2. The molecule has 5 heteroatoms. The van der Waals surface area contributed by atoms with Crippen LogP contribution in [0.25, 0.3) is 0 Å². The van der Waals surface area contributed by atoms with Gasteiger partial charge in [0.2, 0.25) is 0 Å². The van der Waals surface area contributed by atoms with Gasteiger partial charge in [0.05, 0.1) is 16.3 Å². The van der Waals surface area contributed by atoms with Gasteiger partial charge in [0, 0.05) is 18.9 Å². The van der Waals surface area contributed by atoms with E-state index in [0.29, 0.717) is 18.0 Å². The molecule has 4 nitrogen and oxygen atoms in total. The average Bonchev–Trinajstić information content (AvgIpc) is 2.87. The first kappa shape index (κ1) is 15.2. The third-order valence-corrected chi connectivity index (χ3v) is 4.02. The quantitative estimate of drug-likeness (QED) is 0.845. The van der Waals surface area contributed by atoms with Crippen molar-refractivity contribution >= 4 is 17.2 Å². The average molecular weight is 299 g/mol. The molecule has 21 heavy (non-hydrogen) atoms. The molecule has 0 unspecified atom stereocenters. The number of nitrogens with zero attached hydrogens (tertiary/aromatic N) is 1. The molecule has 2 aromatic rings. The Kier molecular flexibility index (Phi) is 5.50. The van der Waals surface area contributed by atoms with E-state index < -0.39 is 0 Å². The van der Waals surface area contributed by atoms with Crippen LogP contribution in [0.3, 0.4) is 0 Å². The Bertz CT molecular complexity index is 668. The van der Waals surface area contributed by atoms with E-state index in [9.17, 15) is 4.79 Å². The molecular formula is C16H17N3OS. The number of hydrogen-bond donors (Lipinski definition) is 2. The Balaban J connectivity index is 1.91. The van der Waals surface area contributed by atoms with Crippen LogP contribution in [0.2, 0.25) is 0 Å². The second kappa shape index (κ2) is 7.58. The fourth-order valence-corrected chi connectivity index (χ4v) is 2.77. The summed E-state index contributed by atoms with van der Waals surface area (Å²) in [5, 5.41) is 2.91. The zero-order valence-electron chi connectivity index (χ0n) is 11.8. The van der Waals surface area contributed by atoms with E-state index in [1.54, 1.807) is 6.20 Å². The lowest BCUT2D eigenvalue weighted by Crippen LogP contribution is -2.24. The van der Waals surface area contributed by atoms with Gasteiger partial charge in [0.1, 0.15) is 0 Å². The molecule has 3 N–H and O–H groups in total. The van der Waals surface area contributed by atoms with Crippen LogP contribution < -0.4 is 11.1 Å². The Hall–Kier alpha value is -2.16. The van der Waals surface area contributed by atoms with Gasteiger partial charge in [-0.2, -0.15) is 0 Å². The predicted molar refractivity (Wildman–Crippen MR) is 85.3 cm³/mol. The number of nitrogens with one attached hydrogen (secondary N) is 1. The van der Waals surface area contributed by atoms with Gasteiger partial charge in [0.25, 0.3) is 5.91 Å². The zero-order chi connectivity index (χ0) is 15.1. The molecule has 0 spiro atoms. The van der Waals surface area contributed by atoms with E-state index >= 15 is 0 Å². The normalized spacial score (nSPS) is 9.81. The third-order valence-electron chi connectivity index (χ3n) is 2.87. The van der Waals surface area contributed by atoms with Crippen molar-refractivity contribution in [2.45, 2.75) is 13.3 Å². The lowest BCUT2D eigenvalue weighted by Gasteiger charge is -2.03. The highest BCUT2D eigenvalue weighted by molar-refractivity contribution is 7.14. The Labute approximate surface area is 128 Å². The molecule has 0 saturated carbocycles. The van der Waals surface area contributed by atoms with Gasteiger partial charge in [0.15, 0.2) is 0 Å². The van der Waals surface area contributed by atoms with Crippen molar-refractivity contribution in [3.05, 3.63) is 51.5 Å². The van der Waals surface area contributed by atoms with Crippen molar-refractivity contribution in [3.8, 4) is 11.8 Å². The van der Waals surface area contributed by atoms with Crippen molar-refractivity contribution in [3.63, 3.8) is 0 Å². The lowest BCUT2D eigenvalue weighted by molar-refractivity contribution is 0.0958. The summed E-state index contributed by atoms with van der Waals surface area (Å²) >= 11 is 1.40. The number of amides is 1. The maximum atomic E-state index is 12.1. The zero-order valence-corrected chi connectivity index (χ0v) is 12.7. The number of rotatable bonds is 4. The standard InChI is InChI=1S/C16H17N3OS/c1-12-10-15(21-14(12)5-2-7-17)16(20)19-9-6-13-4-3-8-18-11-13/h3-4,8,10-11H,6-7,9,17H2,1H3,(H,19,20). The highest BCUT2D eigenvalue weighted by Gasteiger charge is 2.10. The molecule has 1 amide bonds.